The number of para-hydroxylation sites is 1. The van der Waals surface area contributed by atoms with Crippen molar-refractivity contribution in [1.82, 2.24) is 4.98 Å². The maximum Gasteiger partial charge on any atom is 0.133 e. The maximum absolute atomic E-state index is 6.01. The Morgan fingerprint density at radius 1 is 1.29 bits per heavy atom. The molecule has 0 unspecified atom stereocenters. The van der Waals surface area contributed by atoms with Crippen molar-refractivity contribution in [3.63, 3.8) is 0 Å². The van der Waals surface area contributed by atoms with Crippen molar-refractivity contribution in [3.05, 3.63) is 40.0 Å². The van der Waals surface area contributed by atoms with Gasteiger partial charge in [-0.2, -0.15) is 0 Å². The Hall–Kier alpha value is -0.790. The average Bonchev–Trinajstić information content (AvgIpc) is 2.19. The van der Waals surface area contributed by atoms with Gasteiger partial charge >= 0.3 is 0 Å². The summed E-state index contributed by atoms with van der Waals surface area (Å²) in [6, 6.07) is 7.76. The van der Waals surface area contributed by atoms with E-state index in [0.29, 0.717) is 10.2 Å². The summed E-state index contributed by atoms with van der Waals surface area (Å²) < 4.78 is 0. The highest BCUT2D eigenvalue weighted by atomic mass is 35.5. The molecule has 1 heterocycles. The molecule has 2 aromatic rings. The molecule has 1 nitrogen and oxygen atoms in total. The fourth-order valence-corrected chi connectivity index (χ4v) is 1.93. The van der Waals surface area contributed by atoms with Crippen molar-refractivity contribution < 1.29 is 0 Å². The number of nitrogens with zero attached hydrogens (tertiary/aromatic N) is 1. The first-order valence-corrected chi connectivity index (χ1v) is 5.21. The lowest BCUT2D eigenvalue weighted by Crippen LogP contribution is -1.88. The summed E-state index contributed by atoms with van der Waals surface area (Å²) >= 11 is 12.0. The lowest BCUT2D eigenvalue weighted by molar-refractivity contribution is 1.12. The van der Waals surface area contributed by atoms with Gasteiger partial charge in [-0.25, -0.2) is 4.98 Å². The van der Waals surface area contributed by atoms with Crippen molar-refractivity contribution in [2.75, 3.05) is 0 Å². The summed E-state index contributed by atoms with van der Waals surface area (Å²) in [5.41, 5.74) is 1.83. The Morgan fingerprint density at radius 3 is 2.79 bits per heavy atom. The summed E-state index contributed by atoms with van der Waals surface area (Å²) in [6.45, 7) is 2.05. The highest BCUT2D eigenvalue weighted by molar-refractivity contribution is 6.35. The Balaban J connectivity index is 2.79. The molecule has 0 aliphatic carbocycles. The predicted octanol–water partition coefficient (Wildman–Crippen LogP) is 4.10. The molecule has 0 atom stereocenters. The molecule has 0 fully saturated rings. The van der Waals surface area contributed by atoms with E-state index in [1.54, 1.807) is 0 Å². The number of pyridine rings is 1. The van der Waals surface area contributed by atoms with Crippen LogP contribution >= 0.6 is 23.2 Å². The van der Waals surface area contributed by atoms with Gasteiger partial charge in [-0.1, -0.05) is 42.3 Å². The molecule has 0 aliphatic rings. The zero-order valence-corrected chi connectivity index (χ0v) is 9.23. The predicted molar refractivity (Wildman–Crippen MR) is 61.1 cm³/mol. The molecule has 0 saturated heterocycles. The first-order chi connectivity index (χ1) is 6.72. The van der Waals surface area contributed by atoms with E-state index in [9.17, 15) is 0 Å². The molecule has 1 aromatic carbocycles. The van der Waals surface area contributed by atoms with Crippen molar-refractivity contribution in [2.45, 2.75) is 13.3 Å². The summed E-state index contributed by atoms with van der Waals surface area (Å²) in [4.78, 5) is 4.28. The van der Waals surface area contributed by atoms with E-state index in [1.807, 2.05) is 24.3 Å². The minimum atomic E-state index is 0.549. The smallest absolute Gasteiger partial charge is 0.133 e. The molecule has 72 valence electrons. The third kappa shape index (κ3) is 1.58. The first kappa shape index (κ1) is 9.75. The van der Waals surface area contributed by atoms with Gasteiger partial charge in [-0.3, -0.25) is 0 Å². The van der Waals surface area contributed by atoms with Gasteiger partial charge < -0.3 is 0 Å². The molecule has 0 spiro atoms. The number of hydrogen-bond donors (Lipinski definition) is 0. The summed E-state index contributed by atoms with van der Waals surface area (Å²) in [7, 11) is 0. The fraction of sp³-hybridized carbons (Fsp3) is 0.182. The second kappa shape index (κ2) is 3.76. The summed E-state index contributed by atoms with van der Waals surface area (Å²) in [5, 5.41) is 2.24. The van der Waals surface area contributed by atoms with Gasteiger partial charge in [0.15, 0.2) is 0 Å². The van der Waals surface area contributed by atoms with Crippen LogP contribution in [0.1, 0.15) is 12.5 Å². The van der Waals surface area contributed by atoms with Crippen LogP contribution in [-0.2, 0) is 6.42 Å². The van der Waals surface area contributed by atoms with Gasteiger partial charge in [-0.15, -0.1) is 0 Å². The van der Waals surface area contributed by atoms with Crippen LogP contribution in [0, 0.1) is 0 Å². The molecule has 0 bridgehead atoms. The maximum atomic E-state index is 6.01. The summed E-state index contributed by atoms with van der Waals surface area (Å²) in [5.74, 6) is 0. The van der Waals surface area contributed by atoms with E-state index < -0.39 is 0 Å². The minimum Gasteiger partial charge on any atom is -0.234 e. The van der Waals surface area contributed by atoms with Crippen molar-refractivity contribution >= 4 is 34.1 Å². The molecule has 14 heavy (non-hydrogen) atoms. The number of aromatic nitrogens is 1. The number of fused-ring (bicyclic) bond motifs is 1. The molecule has 1 aromatic heterocycles. The topological polar surface area (TPSA) is 12.9 Å². The number of hydrogen-bond acceptors (Lipinski definition) is 1. The van der Waals surface area contributed by atoms with Crippen LogP contribution in [0.3, 0.4) is 0 Å². The molecule has 0 N–H and O–H groups in total. The second-order valence-corrected chi connectivity index (χ2v) is 3.87. The third-order valence-corrected chi connectivity index (χ3v) is 2.84. The summed E-state index contributed by atoms with van der Waals surface area (Å²) in [6.07, 6.45) is 0.883. The van der Waals surface area contributed by atoms with E-state index in [1.165, 1.54) is 0 Å². The van der Waals surface area contributed by atoms with Crippen LogP contribution in [-0.4, -0.2) is 4.98 Å². The Bertz CT molecular complexity index is 480. The molecule has 0 radical (unpaired) electrons. The highest BCUT2D eigenvalue weighted by Gasteiger charge is 2.05. The standard InChI is InChI=1S/C11H9Cl2N/c1-2-7-6-8-4-3-5-9(12)10(8)14-11(7)13/h3-6H,2H2,1H3. The van der Waals surface area contributed by atoms with Gasteiger partial charge in [0.05, 0.1) is 10.5 Å². The highest BCUT2D eigenvalue weighted by Crippen LogP contribution is 2.25. The molecule has 2 rings (SSSR count). The molecule has 3 heteroatoms. The monoisotopic (exact) mass is 225 g/mol. The normalized spacial score (nSPS) is 10.8. The Morgan fingerprint density at radius 2 is 2.07 bits per heavy atom. The number of rotatable bonds is 1. The Labute approximate surface area is 92.7 Å². The third-order valence-electron chi connectivity index (χ3n) is 2.20. The van der Waals surface area contributed by atoms with Gasteiger partial charge in [0.25, 0.3) is 0 Å². The lowest BCUT2D eigenvalue weighted by Gasteiger charge is -2.04. The van der Waals surface area contributed by atoms with E-state index in [-0.39, 0.29) is 0 Å². The second-order valence-electron chi connectivity index (χ2n) is 3.10. The molecule has 0 amide bonds. The average molecular weight is 226 g/mol. The van der Waals surface area contributed by atoms with Gasteiger partial charge in [0.1, 0.15) is 5.15 Å². The number of halogens is 2. The van der Waals surface area contributed by atoms with E-state index in [0.717, 1.165) is 22.9 Å². The van der Waals surface area contributed by atoms with Crippen LogP contribution in [0.25, 0.3) is 10.9 Å². The molecular weight excluding hydrogens is 217 g/mol. The van der Waals surface area contributed by atoms with E-state index >= 15 is 0 Å². The van der Waals surface area contributed by atoms with Crippen LogP contribution in [0.5, 0.6) is 0 Å². The van der Waals surface area contributed by atoms with Gasteiger partial charge in [0.2, 0.25) is 0 Å². The molecule has 0 saturated carbocycles. The lowest BCUT2D eigenvalue weighted by atomic mass is 10.1. The SMILES string of the molecule is CCc1cc2cccc(Cl)c2nc1Cl. The zero-order valence-electron chi connectivity index (χ0n) is 7.72. The molecular formula is C11H9Cl2N. The van der Waals surface area contributed by atoms with Gasteiger partial charge in [-0.05, 0) is 24.1 Å². The number of benzene rings is 1. The van der Waals surface area contributed by atoms with Crippen molar-refractivity contribution in [1.29, 1.82) is 0 Å². The van der Waals surface area contributed by atoms with Crippen LogP contribution in [0.15, 0.2) is 24.3 Å². The van der Waals surface area contributed by atoms with E-state index in [4.69, 9.17) is 23.2 Å². The fourth-order valence-electron chi connectivity index (χ4n) is 1.43. The van der Waals surface area contributed by atoms with Crippen LogP contribution in [0.4, 0.5) is 0 Å². The first-order valence-electron chi connectivity index (χ1n) is 4.46. The van der Waals surface area contributed by atoms with Crippen LogP contribution in [0.2, 0.25) is 10.2 Å². The zero-order chi connectivity index (χ0) is 10.1. The van der Waals surface area contributed by atoms with E-state index in [2.05, 4.69) is 11.9 Å². The molecule has 0 aliphatic heterocycles. The van der Waals surface area contributed by atoms with Crippen molar-refractivity contribution in [2.24, 2.45) is 0 Å². The Kier molecular flexibility index (Phi) is 2.62. The minimum absolute atomic E-state index is 0.549. The van der Waals surface area contributed by atoms with Gasteiger partial charge in [0, 0.05) is 5.39 Å². The van der Waals surface area contributed by atoms with Crippen LogP contribution < -0.4 is 0 Å². The van der Waals surface area contributed by atoms with Crippen molar-refractivity contribution in [3.8, 4) is 0 Å². The number of aryl methyl sites for hydroxylation is 1. The largest absolute Gasteiger partial charge is 0.234 e. The quantitative estimate of drug-likeness (QED) is 0.667.